The number of H-pyrrole nitrogens is 1. The van der Waals surface area contributed by atoms with Gasteiger partial charge in [0, 0.05) is 48.8 Å². The second-order valence-corrected chi connectivity index (χ2v) is 7.40. The lowest BCUT2D eigenvalue weighted by molar-refractivity contribution is -0.148. The Balaban J connectivity index is 1.62. The second-order valence-electron chi connectivity index (χ2n) is 7.40. The number of carbonyl (C=O) groups is 3. The molecule has 2 N–H and O–H groups in total. The van der Waals surface area contributed by atoms with E-state index in [1.807, 2.05) is 6.92 Å². The highest BCUT2D eigenvalue weighted by molar-refractivity contribution is 6.35. The molecule has 28 heavy (non-hydrogen) atoms. The Labute approximate surface area is 162 Å². The number of nitrogens with one attached hydrogen (secondary N) is 2. The maximum atomic E-state index is 13.6. The van der Waals surface area contributed by atoms with Crippen LogP contribution >= 0.6 is 0 Å². The number of halogens is 1. The first kappa shape index (κ1) is 19.9. The molecule has 3 rings (SSSR count). The zero-order valence-electron chi connectivity index (χ0n) is 16.3. The summed E-state index contributed by atoms with van der Waals surface area (Å²) < 4.78 is 13.6. The molecule has 1 fully saturated rings. The van der Waals surface area contributed by atoms with E-state index < -0.39 is 11.8 Å². The number of amides is 3. The van der Waals surface area contributed by atoms with Crippen molar-refractivity contribution < 1.29 is 18.8 Å². The van der Waals surface area contributed by atoms with Gasteiger partial charge in [-0.3, -0.25) is 14.4 Å². The molecule has 150 valence electrons. The lowest BCUT2D eigenvalue weighted by atomic mass is 10.1. The minimum Gasteiger partial charge on any atom is -0.358 e. The molecule has 0 radical (unpaired) electrons. The van der Waals surface area contributed by atoms with Gasteiger partial charge in [0.15, 0.2) is 0 Å². The Bertz CT molecular complexity index is 914. The number of hydrogen-bond acceptors (Lipinski definition) is 3. The normalized spacial score (nSPS) is 14.6. The SMILES string of the molecule is Cc1[nH]c2ccc(F)cc2c1CC(=O)N1CCN(C(=O)C(=O)NC(C)C)CC1. The van der Waals surface area contributed by atoms with Gasteiger partial charge >= 0.3 is 11.8 Å². The van der Waals surface area contributed by atoms with E-state index in [1.54, 1.807) is 24.8 Å². The number of hydrogen-bond donors (Lipinski definition) is 2. The molecule has 8 heteroatoms. The van der Waals surface area contributed by atoms with Crippen molar-refractivity contribution in [2.75, 3.05) is 26.2 Å². The summed E-state index contributed by atoms with van der Waals surface area (Å²) in [6, 6.07) is 4.38. The molecule has 0 atom stereocenters. The zero-order chi connectivity index (χ0) is 20.4. The molecule has 2 heterocycles. The van der Waals surface area contributed by atoms with Gasteiger partial charge in [0.2, 0.25) is 5.91 Å². The van der Waals surface area contributed by atoms with E-state index in [4.69, 9.17) is 0 Å². The number of carbonyl (C=O) groups excluding carboxylic acids is 3. The number of benzene rings is 1. The first-order valence-corrected chi connectivity index (χ1v) is 9.40. The highest BCUT2D eigenvalue weighted by Crippen LogP contribution is 2.24. The van der Waals surface area contributed by atoms with E-state index in [9.17, 15) is 18.8 Å². The molecule has 0 spiro atoms. The minimum atomic E-state index is -0.619. The molecular formula is C20H25FN4O3. The van der Waals surface area contributed by atoms with Crippen LogP contribution < -0.4 is 5.32 Å². The van der Waals surface area contributed by atoms with Crippen LogP contribution in [0.1, 0.15) is 25.1 Å². The molecule has 1 aromatic carbocycles. The van der Waals surface area contributed by atoms with E-state index in [2.05, 4.69) is 10.3 Å². The van der Waals surface area contributed by atoms with Crippen LogP contribution in [0.2, 0.25) is 0 Å². The maximum absolute atomic E-state index is 13.6. The number of rotatable bonds is 3. The minimum absolute atomic E-state index is 0.0769. The Morgan fingerprint density at radius 3 is 2.43 bits per heavy atom. The highest BCUT2D eigenvalue weighted by Gasteiger charge is 2.28. The molecule has 3 amide bonds. The molecule has 0 unspecified atom stereocenters. The van der Waals surface area contributed by atoms with Crippen LogP contribution in [0.25, 0.3) is 10.9 Å². The Hall–Kier alpha value is -2.90. The number of fused-ring (bicyclic) bond motifs is 1. The summed E-state index contributed by atoms with van der Waals surface area (Å²) in [6.07, 6.45) is 0.164. The van der Waals surface area contributed by atoms with E-state index in [1.165, 1.54) is 17.0 Å². The van der Waals surface area contributed by atoms with Crippen LogP contribution in [0.15, 0.2) is 18.2 Å². The smallest absolute Gasteiger partial charge is 0.312 e. The third-order valence-electron chi connectivity index (χ3n) is 4.94. The Morgan fingerprint density at radius 2 is 1.79 bits per heavy atom. The van der Waals surface area contributed by atoms with Crippen LogP contribution in [0, 0.1) is 12.7 Å². The average Bonchev–Trinajstić information content (AvgIpc) is 2.95. The fourth-order valence-corrected chi connectivity index (χ4v) is 3.47. The van der Waals surface area contributed by atoms with Gasteiger partial charge in [0.1, 0.15) is 5.82 Å². The van der Waals surface area contributed by atoms with Crippen LogP contribution in [0.3, 0.4) is 0 Å². The van der Waals surface area contributed by atoms with Gasteiger partial charge in [-0.15, -0.1) is 0 Å². The molecular weight excluding hydrogens is 363 g/mol. The molecule has 0 saturated carbocycles. The molecule has 1 saturated heterocycles. The lowest BCUT2D eigenvalue weighted by Gasteiger charge is -2.34. The van der Waals surface area contributed by atoms with Gasteiger partial charge in [0.05, 0.1) is 6.42 Å². The first-order valence-electron chi connectivity index (χ1n) is 9.40. The number of aromatic amines is 1. The predicted molar refractivity (Wildman–Crippen MR) is 103 cm³/mol. The van der Waals surface area contributed by atoms with Crippen molar-refractivity contribution in [2.45, 2.75) is 33.2 Å². The van der Waals surface area contributed by atoms with Crippen molar-refractivity contribution in [3.8, 4) is 0 Å². The quantitative estimate of drug-likeness (QED) is 0.779. The number of piperazine rings is 1. The summed E-state index contributed by atoms with van der Waals surface area (Å²) in [6.45, 7) is 6.82. The molecule has 0 bridgehead atoms. The lowest BCUT2D eigenvalue weighted by Crippen LogP contribution is -2.54. The molecule has 1 aliphatic rings. The van der Waals surface area contributed by atoms with Gasteiger partial charge in [0.25, 0.3) is 0 Å². The van der Waals surface area contributed by atoms with E-state index in [-0.39, 0.29) is 24.2 Å². The number of nitrogens with zero attached hydrogens (tertiary/aromatic N) is 2. The van der Waals surface area contributed by atoms with Crippen LogP contribution in [-0.2, 0) is 20.8 Å². The maximum Gasteiger partial charge on any atom is 0.312 e. The molecule has 7 nitrogen and oxygen atoms in total. The van der Waals surface area contributed by atoms with E-state index >= 15 is 0 Å². The van der Waals surface area contributed by atoms with Crippen molar-refractivity contribution in [1.29, 1.82) is 0 Å². The highest BCUT2D eigenvalue weighted by atomic mass is 19.1. The fourth-order valence-electron chi connectivity index (χ4n) is 3.47. The monoisotopic (exact) mass is 388 g/mol. The molecule has 0 aliphatic carbocycles. The number of aryl methyl sites for hydroxylation is 1. The summed E-state index contributed by atoms with van der Waals surface area (Å²) >= 11 is 0. The third-order valence-corrected chi connectivity index (χ3v) is 4.94. The van der Waals surface area contributed by atoms with Gasteiger partial charge in [-0.25, -0.2) is 4.39 Å². The standard InChI is InChI=1S/C20H25FN4O3/c1-12(2)22-19(27)20(28)25-8-6-24(7-9-25)18(26)11-15-13(3)23-17-5-4-14(21)10-16(15)17/h4-5,10,12,23H,6-9,11H2,1-3H3,(H,22,27). The fraction of sp³-hybridized carbons (Fsp3) is 0.450. The Morgan fingerprint density at radius 1 is 1.14 bits per heavy atom. The number of aromatic nitrogens is 1. The van der Waals surface area contributed by atoms with E-state index in [0.29, 0.717) is 31.6 Å². The van der Waals surface area contributed by atoms with E-state index in [0.717, 1.165) is 16.8 Å². The average molecular weight is 388 g/mol. The van der Waals surface area contributed by atoms with Crippen molar-refractivity contribution in [3.05, 3.63) is 35.3 Å². The summed E-state index contributed by atoms with van der Waals surface area (Å²) in [5, 5.41) is 3.30. The van der Waals surface area contributed by atoms with Gasteiger partial charge in [-0.05, 0) is 44.5 Å². The largest absolute Gasteiger partial charge is 0.358 e. The van der Waals surface area contributed by atoms with Gasteiger partial charge in [-0.2, -0.15) is 0 Å². The molecule has 1 aliphatic heterocycles. The molecule has 2 aromatic rings. The summed E-state index contributed by atoms with van der Waals surface area (Å²) in [5.74, 6) is -1.60. The summed E-state index contributed by atoms with van der Waals surface area (Å²) in [4.78, 5) is 43.1. The van der Waals surface area contributed by atoms with Crippen molar-refractivity contribution in [1.82, 2.24) is 20.1 Å². The topological polar surface area (TPSA) is 85.5 Å². The summed E-state index contributed by atoms with van der Waals surface area (Å²) in [5.41, 5.74) is 2.43. The first-order chi connectivity index (χ1) is 13.3. The summed E-state index contributed by atoms with van der Waals surface area (Å²) in [7, 11) is 0. The zero-order valence-corrected chi connectivity index (χ0v) is 16.3. The Kier molecular flexibility index (Phi) is 5.67. The van der Waals surface area contributed by atoms with Gasteiger partial charge in [-0.1, -0.05) is 0 Å². The van der Waals surface area contributed by atoms with Crippen molar-refractivity contribution in [2.24, 2.45) is 0 Å². The van der Waals surface area contributed by atoms with Crippen molar-refractivity contribution >= 4 is 28.6 Å². The van der Waals surface area contributed by atoms with Crippen LogP contribution in [0.5, 0.6) is 0 Å². The third kappa shape index (κ3) is 4.16. The predicted octanol–water partition coefficient (Wildman–Crippen LogP) is 1.35. The van der Waals surface area contributed by atoms with Crippen LogP contribution in [0.4, 0.5) is 4.39 Å². The molecule has 1 aromatic heterocycles. The van der Waals surface area contributed by atoms with Gasteiger partial charge < -0.3 is 20.1 Å². The second kappa shape index (κ2) is 8.00. The van der Waals surface area contributed by atoms with Crippen molar-refractivity contribution in [3.63, 3.8) is 0 Å². The van der Waals surface area contributed by atoms with Crippen LogP contribution in [-0.4, -0.2) is 64.7 Å².